The molecule has 1 atom stereocenters. The van der Waals surface area contributed by atoms with Crippen molar-refractivity contribution in [3.63, 3.8) is 0 Å². The van der Waals surface area contributed by atoms with Crippen molar-refractivity contribution in [2.24, 2.45) is 4.99 Å². The molecule has 39 heavy (non-hydrogen) atoms. The molecule has 0 unspecified atom stereocenters. The summed E-state index contributed by atoms with van der Waals surface area (Å²) < 4.78 is 25.1. The topological polar surface area (TPSA) is 88.4 Å². The van der Waals surface area contributed by atoms with E-state index in [0.29, 0.717) is 48.9 Å². The van der Waals surface area contributed by atoms with E-state index in [1.54, 1.807) is 31.6 Å². The summed E-state index contributed by atoms with van der Waals surface area (Å²) in [4.78, 5) is 32.1. The van der Waals surface area contributed by atoms with Gasteiger partial charge in [-0.1, -0.05) is 23.5 Å². The monoisotopic (exact) mass is 614 g/mol. The Morgan fingerprint density at radius 1 is 1.18 bits per heavy atom. The maximum absolute atomic E-state index is 13.9. The number of nitrogens with zero attached hydrogens (tertiary/aromatic N) is 2. The lowest BCUT2D eigenvalue weighted by Crippen LogP contribution is -2.39. The van der Waals surface area contributed by atoms with Crippen LogP contribution in [0.5, 0.6) is 17.2 Å². The maximum Gasteiger partial charge on any atom is 0.338 e. The summed E-state index contributed by atoms with van der Waals surface area (Å²) >= 11 is 4.83. The standard InChI is InChI=1S/C29H31BrN2O6S/c1-7-36-20-11-9-19(10-12-20)25-24(28(34)37-8-2)17(5)31-29-32(25)27(33)23(39-29)15-18-13-21(30)26(38-16(3)4)22(14-18)35-6/h9-16,25H,7-8H2,1-6H3/b23-15-/t25-/m0/s1. The lowest BCUT2D eigenvalue weighted by atomic mass is 9.96. The average Bonchev–Trinajstić information content (AvgIpc) is 3.19. The largest absolute Gasteiger partial charge is 0.494 e. The summed E-state index contributed by atoms with van der Waals surface area (Å²) in [6.45, 7) is 10.0. The number of esters is 1. The zero-order valence-electron chi connectivity index (χ0n) is 22.7. The Morgan fingerprint density at radius 2 is 1.90 bits per heavy atom. The number of halogens is 1. The smallest absolute Gasteiger partial charge is 0.338 e. The molecular formula is C29H31BrN2O6S. The second-order valence-electron chi connectivity index (χ2n) is 9.01. The fourth-order valence-corrected chi connectivity index (χ4v) is 5.94. The Hall–Kier alpha value is -3.37. The zero-order chi connectivity index (χ0) is 28.3. The predicted molar refractivity (Wildman–Crippen MR) is 154 cm³/mol. The highest BCUT2D eigenvalue weighted by atomic mass is 79.9. The van der Waals surface area contributed by atoms with Crippen LogP contribution in [-0.2, 0) is 9.53 Å². The molecule has 2 heterocycles. The van der Waals surface area contributed by atoms with Gasteiger partial charge in [0.15, 0.2) is 16.3 Å². The van der Waals surface area contributed by atoms with Crippen molar-refractivity contribution in [2.75, 3.05) is 20.3 Å². The Kier molecular flexibility index (Phi) is 8.97. The minimum atomic E-state index is -0.693. The molecule has 0 saturated carbocycles. The van der Waals surface area contributed by atoms with Gasteiger partial charge in [-0.05, 0) is 92.0 Å². The molecule has 0 aliphatic carbocycles. The van der Waals surface area contributed by atoms with E-state index in [4.69, 9.17) is 18.9 Å². The number of allylic oxidation sites excluding steroid dienone is 1. The van der Waals surface area contributed by atoms with Crippen LogP contribution in [-0.4, -0.2) is 37.0 Å². The van der Waals surface area contributed by atoms with Gasteiger partial charge in [-0.3, -0.25) is 9.36 Å². The van der Waals surface area contributed by atoms with Crippen molar-refractivity contribution in [1.82, 2.24) is 4.57 Å². The molecule has 0 radical (unpaired) electrons. The van der Waals surface area contributed by atoms with E-state index in [1.807, 2.05) is 57.2 Å². The number of rotatable bonds is 9. The van der Waals surface area contributed by atoms with E-state index in [1.165, 1.54) is 11.3 Å². The predicted octanol–water partition coefficient (Wildman–Crippen LogP) is 4.76. The molecule has 0 bridgehead atoms. The molecule has 8 nitrogen and oxygen atoms in total. The molecule has 0 N–H and O–H groups in total. The van der Waals surface area contributed by atoms with Crippen molar-refractivity contribution in [1.29, 1.82) is 0 Å². The van der Waals surface area contributed by atoms with Crippen LogP contribution in [0.4, 0.5) is 0 Å². The summed E-state index contributed by atoms with van der Waals surface area (Å²) in [6, 6.07) is 10.4. The van der Waals surface area contributed by atoms with Crippen LogP contribution in [0.15, 0.2) is 61.9 Å². The van der Waals surface area contributed by atoms with Crippen LogP contribution in [0.25, 0.3) is 6.08 Å². The van der Waals surface area contributed by atoms with Gasteiger partial charge in [0.2, 0.25) is 0 Å². The molecule has 1 aliphatic rings. The average molecular weight is 616 g/mol. The molecule has 0 amide bonds. The van der Waals surface area contributed by atoms with Gasteiger partial charge < -0.3 is 18.9 Å². The first-order valence-electron chi connectivity index (χ1n) is 12.6. The Balaban J connectivity index is 1.89. The van der Waals surface area contributed by atoms with Gasteiger partial charge in [0.05, 0.1) is 52.7 Å². The minimum absolute atomic E-state index is 0.0378. The number of hydrogen-bond donors (Lipinski definition) is 0. The van der Waals surface area contributed by atoms with E-state index in [2.05, 4.69) is 20.9 Å². The molecule has 3 aromatic rings. The third kappa shape index (κ3) is 5.96. The van der Waals surface area contributed by atoms with Crippen molar-refractivity contribution in [2.45, 2.75) is 46.8 Å². The van der Waals surface area contributed by atoms with Crippen LogP contribution in [0.3, 0.4) is 0 Å². The highest BCUT2D eigenvalue weighted by molar-refractivity contribution is 9.10. The molecule has 2 aromatic carbocycles. The van der Waals surface area contributed by atoms with E-state index < -0.39 is 12.0 Å². The Labute approximate surface area is 239 Å². The summed E-state index contributed by atoms with van der Waals surface area (Å²) in [7, 11) is 1.57. The second kappa shape index (κ2) is 12.2. The fraction of sp³-hybridized carbons (Fsp3) is 0.345. The molecular weight excluding hydrogens is 584 g/mol. The van der Waals surface area contributed by atoms with Crippen LogP contribution in [0.1, 0.15) is 51.8 Å². The van der Waals surface area contributed by atoms with E-state index >= 15 is 0 Å². The van der Waals surface area contributed by atoms with Crippen LogP contribution >= 0.6 is 27.3 Å². The number of aromatic nitrogens is 1. The lowest BCUT2D eigenvalue weighted by molar-refractivity contribution is -0.139. The van der Waals surface area contributed by atoms with E-state index in [9.17, 15) is 9.59 Å². The van der Waals surface area contributed by atoms with E-state index in [-0.39, 0.29) is 18.3 Å². The molecule has 0 fully saturated rings. The van der Waals surface area contributed by atoms with Gasteiger partial charge in [0.25, 0.3) is 5.56 Å². The third-order valence-electron chi connectivity index (χ3n) is 5.93. The SMILES string of the molecule is CCOC(=O)C1=C(C)N=c2s/c(=C\c3cc(Br)c(OC(C)C)c(OC)c3)c(=O)n2[C@H]1c1ccc(OCC)cc1. The number of benzene rings is 2. The van der Waals surface area contributed by atoms with Gasteiger partial charge >= 0.3 is 5.97 Å². The number of carbonyl (C=O) groups is 1. The first-order chi connectivity index (χ1) is 18.7. The van der Waals surface area contributed by atoms with Crippen molar-refractivity contribution in [3.8, 4) is 17.2 Å². The second-order valence-corrected chi connectivity index (χ2v) is 10.9. The van der Waals surface area contributed by atoms with Crippen LogP contribution < -0.4 is 29.1 Å². The molecule has 206 valence electrons. The number of hydrogen-bond acceptors (Lipinski definition) is 8. The quantitative estimate of drug-likeness (QED) is 0.323. The molecule has 1 aliphatic heterocycles. The zero-order valence-corrected chi connectivity index (χ0v) is 25.1. The number of methoxy groups -OCH3 is 1. The molecule has 4 rings (SSSR count). The Bertz CT molecular complexity index is 1590. The van der Waals surface area contributed by atoms with Crippen molar-refractivity contribution in [3.05, 3.63) is 83.0 Å². The summed E-state index contributed by atoms with van der Waals surface area (Å²) in [5.41, 5.74) is 2.09. The summed E-state index contributed by atoms with van der Waals surface area (Å²) in [6.07, 6.45) is 1.75. The Morgan fingerprint density at radius 3 is 2.51 bits per heavy atom. The molecule has 0 saturated heterocycles. The van der Waals surface area contributed by atoms with Crippen molar-refractivity contribution < 1.29 is 23.7 Å². The summed E-state index contributed by atoms with van der Waals surface area (Å²) in [5, 5.41) is 0. The van der Waals surface area contributed by atoms with Gasteiger partial charge in [-0.25, -0.2) is 9.79 Å². The number of ether oxygens (including phenoxy) is 4. The first-order valence-corrected chi connectivity index (χ1v) is 14.3. The third-order valence-corrected chi connectivity index (χ3v) is 7.50. The molecule has 0 spiro atoms. The molecule has 1 aromatic heterocycles. The maximum atomic E-state index is 13.9. The van der Waals surface area contributed by atoms with Gasteiger partial charge in [-0.15, -0.1) is 0 Å². The van der Waals surface area contributed by atoms with Crippen LogP contribution in [0.2, 0.25) is 0 Å². The number of carbonyl (C=O) groups excluding carboxylic acids is 1. The van der Waals surface area contributed by atoms with Crippen molar-refractivity contribution >= 4 is 39.3 Å². The van der Waals surface area contributed by atoms with Gasteiger partial charge in [0.1, 0.15) is 5.75 Å². The fourth-order valence-electron chi connectivity index (χ4n) is 4.34. The van der Waals surface area contributed by atoms with Gasteiger partial charge in [-0.2, -0.15) is 0 Å². The van der Waals surface area contributed by atoms with Crippen LogP contribution in [0, 0.1) is 0 Å². The summed E-state index contributed by atoms with van der Waals surface area (Å²) in [5.74, 6) is 1.35. The minimum Gasteiger partial charge on any atom is -0.494 e. The molecule has 10 heteroatoms. The lowest BCUT2D eigenvalue weighted by Gasteiger charge is -2.24. The first kappa shape index (κ1) is 28.6. The highest BCUT2D eigenvalue weighted by Crippen LogP contribution is 2.37. The van der Waals surface area contributed by atoms with E-state index in [0.717, 1.165) is 11.1 Å². The number of fused-ring (bicyclic) bond motifs is 1. The normalized spacial score (nSPS) is 15.2. The number of thiazole rings is 1. The van der Waals surface area contributed by atoms with Gasteiger partial charge in [0, 0.05) is 0 Å². The highest BCUT2D eigenvalue weighted by Gasteiger charge is 2.33.